The summed E-state index contributed by atoms with van der Waals surface area (Å²) in [5.41, 5.74) is 1.78. The Bertz CT molecular complexity index is 1050. The summed E-state index contributed by atoms with van der Waals surface area (Å²) in [7, 11) is -4.18. The van der Waals surface area contributed by atoms with Crippen molar-refractivity contribution < 1.29 is 18.8 Å². The van der Waals surface area contributed by atoms with Gasteiger partial charge >= 0.3 is 255 Å². The first-order valence-electron chi connectivity index (χ1n) is 14.7. The van der Waals surface area contributed by atoms with Gasteiger partial charge in [0.2, 0.25) is 0 Å². The van der Waals surface area contributed by atoms with E-state index in [1.165, 1.54) is 0 Å². The molecule has 4 nitrogen and oxygen atoms in total. The Morgan fingerprint density at radius 1 is 1.05 bits per heavy atom. The number of allylic oxidation sites excluding steroid dienone is 1. The monoisotopic (exact) mass is 652 g/mol. The van der Waals surface area contributed by atoms with Crippen LogP contribution in [0.4, 0.5) is 0 Å². The fourth-order valence-corrected chi connectivity index (χ4v) is 8.38. The Labute approximate surface area is 253 Å². The fraction of sp³-hybridized carbons (Fsp3) is 0.667. The summed E-state index contributed by atoms with van der Waals surface area (Å²) in [5, 5.41) is 11.8. The van der Waals surface area contributed by atoms with Gasteiger partial charge < -0.3 is 0 Å². The summed E-state index contributed by atoms with van der Waals surface area (Å²) in [4.78, 5) is 13.6. The molecule has 1 aromatic carbocycles. The molecule has 0 radical (unpaired) electrons. The van der Waals surface area contributed by atoms with Crippen molar-refractivity contribution in [2.45, 2.75) is 111 Å². The molecule has 1 aliphatic rings. The first-order valence-corrected chi connectivity index (χ1v) is 22.2. The van der Waals surface area contributed by atoms with Crippen LogP contribution in [0.1, 0.15) is 68.2 Å². The second-order valence-electron chi connectivity index (χ2n) is 15.2. The Morgan fingerprint density at radius 3 is 2.08 bits per heavy atom. The van der Waals surface area contributed by atoms with E-state index >= 15 is 0 Å². The molecule has 1 N–H and O–H groups in total. The molecule has 3 atom stereocenters. The number of carbonyl (C=O) groups excluding carboxylic acids is 1. The topological polar surface area (TPSA) is 55.8 Å². The number of hydrogen-bond acceptors (Lipinski definition) is 4. The molecule has 1 aromatic rings. The second kappa shape index (κ2) is 13.2. The predicted octanol–water partition coefficient (Wildman–Crippen LogP) is 7.48. The number of benzene rings is 1. The predicted molar refractivity (Wildman–Crippen MR) is 176 cm³/mol. The van der Waals surface area contributed by atoms with E-state index in [2.05, 4.69) is 88.2 Å². The van der Waals surface area contributed by atoms with E-state index in [-0.39, 0.29) is 47.0 Å². The van der Waals surface area contributed by atoms with Crippen molar-refractivity contribution in [1.82, 2.24) is 0 Å². The van der Waals surface area contributed by atoms with Crippen LogP contribution in [0.5, 0.6) is 0 Å². The summed E-state index contributed by atoms with van der Waals surface area (Å²) in [5.74, 6) is -0.105. The van der Waals surface area contributed by atoms with Gasteiger partial charge in [-0.1, -0.05) is 0 Å². The van der Waals surface area contributed by atoms with Gasteiger partial charge in [0.25, 0.3) is 0 Å². The van der Waals surface area contributed by atoms with Crippen molar-refractivity contribution in [3.05, 3.63) is 54.1 Å². The summed E-state index contributed by atoms with van der Waals surface area (Å²) >= 11 is -0.280. The quantitative estimate of drug-likeness (QED) is 0.188. The Balaban J connectivity index is 2.61. The molecular formula is C33H56O4SeSi2. The maximum absolute atomic E-state index is 13.6. The van der Waals surface area contributed by atoms with Gasteiger partial charge in [0.05, 0.1) is 0 Å². The molecule has 7 heteroatoms. The summed E-state index contributed by atoms with van der Waals surface area (Å²) in [6.45, 7) is 31.8. The van der Waals surface area contributed by atoms with Crippen molar-refractivity contribution in [2.24, 2.45) is 17.3 Å². The molecule has 1 saturated carbocycles. The van der Waals surface area contributed by atoms with Gasteiger partial charge in [0.1, 0.15) is 0 Å². The molecule has 0 aromatic heterocycles. The van der Waals surface area contributed by atoms with E-state index in [0.717, 1.165) is 22.0 Å². The van der Waals surface area contributed by atoms with Crippen LogP contribution in [0.3, 0.4) is 0 Å². The van der Waals surface area contributed by atoms with Crippen LogP contribution in [0.25, 0.3) is 0 Å². The molecule has 0 heterocycles. The third kappa shape index (κ3) is 8.86. The molecule has 40 heavy (non-hydrogen) atoms. The normalized spacial score (nSPS) is 22.2. The van der Waals surface area contributed by atoms with Crippen LogP contribution in [-0.4, -0.2) is 60.7 Å². The van der Waals surface area contributed by atoms with Crippen molar-refractivity contribution in [3.63, 3.8) is 0 Å². The van der Waals surface area contributed by atoms with Gasteiger partial charge in [-0.15, -0.1) is 0 Å². The molecule has 0 saturated heterocycles. The molecule has 226 valence electrons. The number of hydrogen-bond donors (Lipinski definition) is 1. The number of aliphatic hydroxyl groups is 1. The molecule has 0 amide bonds. The van der Waals surface area contributed by atoms with Gasteiger partial charge in [-0.3, -0.25) is 0 Å². The first kappa shape index (κ1) is 35.4. The van der Waals surface area contributed by atoms with Gasteiger partial charge in [-0.2, -0.15) is 0 Å². The van der Waals surface area contributed by atoms with Crippen LogP contribution in [0.15, 0.2) is 54.1 Å². The maximum atomic E-state index is 13.6. The molecule has 1 aliphatic carbocycles. The third-order valence-corrected chi connectivity index (χ3v) is 20.4. The SMILES string of the molecule is C=C[C@@H]1CC(C)(C)[C@H](O)/C1=C(\CO[Si](C)(C)C(C)(C)C)[C@@H](CO[Si](C)(C)C(C)(C)C)CC(=O)[Se]c1ccccc1. The van der Waals surface area contributed by atoms with Crippen LogP contribution in [0, 0.1) is 17.3 Å². The standard InChI is InChI=1S/C33H56O4SeSi2/c1-14-24-21-33(8,9)30(35)29(24)27(23-37-40(12,13)32(5,6)7)25(22-36-39(10,11)31(2,3)4)20-28(34)38-26-18-16-15-17-19-26/h14-19,24-25,30,35H,1,20-23H2,2-13H3/b29-27+/t24-,25-,30-/m1/s1. The third-order valence-electron chi connectivity index (χ3n) is 9.56. The first-order chi connectivity index (χ1) is 18.1. The van der Waals surface area contributed by atoms with Gasteiger partial charge in [0, 0.05) is 0 Å². The van der Waals surface area contributed by atoms with Crippen molar-refractivity contribution >= 4 is 40.7 Å². The zero-order valence-electron chi connectivity index (χ0n) is 27.3. The molecule has 2 rings (SSSR count). The summed E-state index contributed by atoms with van der Waals surface area (Å²) < 4.78 is 15.0. The average Bonchev–Trinajstić information content (AvgIpc) is 3.05. The van der Waals surface area contributed by atoms with Crippen molar-refractivity contribution in [1.29, 1.82) is 0 Å². The van der Waals surface area contributed by atoms with Gasteiger partial charge in [0.15, 0.2) is 0 Å². The van der Waals surface area contributed by atoms with E-state index in [4.69, 9.17) is 8.85 Å². The number of carbonyl (C=O) groups is 1. The average molecular weight is 652 g/mol. The van der Waals surface area contributed by atoms with Crippen molar-refractivity contribution in [3.8, 4) is 0 Å². The van der Waals surface area contributed by atoms with Crippen LogP contribution in [-0.2, 0) is 13.6 Å². The molecule has 0 spiro atoms. The van der Waals surface area contributed by atoms with Crippen LogP contribution >= 0.6 is 0 Å². The van der Waals surface area contributed by atoms with E-state index in [9.17, 15) is 9.90 Å². The Morgan fingerprint density at radius 2 is 1.57 bits per heavy atom. The summed E-state index contributed by atoms with van der Waals surface area (Å²) in [6, 6.07) is 10.0. The Kier molecular flexibility index (Phi) is 11.7. The fourth-order valence-electron chi connectivity index (χ4n) is 4.62. The van der Waals surface area contributed by atoms with E-state index < -0.39 is 22.7 Å². The van der Waals surface area contributed by atoms with E-state index in [1.807, 2.05) is 36.4 Å². The second-order valence-corrected chi connectivity index (χ2v) is 27.2. The molecule has 1 fully saturated rings. The van der Waals surface area contributed by atoms with Crippen LogP contribution < -0.4 is 4.46 Å². The van der Waals surface area contributed by atoms with Crippen LogP contribution in [0.2, 0.25) is 36.3 Å². The zero-order valence-corrected chi connectivity index (χ0v) is 31.0. The van der Waals surface area contributed by atoms with Gasteiger partial charge in [-0.05, 0) is 0 Å². The zero-order chi connectivity index (χ0) is 30.7. The molecule has 0 bridgehead atoms. The number of aliphatic hydroxyl groups excluding tert-OH is 1. The number of rotatable bonds is 12. The van der Waals surface area contributed by atoms with E-state index in [0.29, 0.717) is 19.6 Å². The minimum absolute atomic E-state index is 0.0492. The van der Waals surface area contributed by atoms with Gasteiger partial charge in [-0.25, -0.2) is 0 Å². The Hall–Kier alpha value is -0.797. The van der Waals surface area contributed by atoms with E-state index in [1.54, 1.807) is 0 Å². The molecule has 0 unspecified atom stereocenters. The van der Waals surface area contributed by atoms with Crippen molar-refractivity contribution in [2.75, 3.05) is 13.2 Å². The molecular weight excluding hydrogens is 595 g/mol. The molecule has 0 aliphatic heterocycles. The minimum atomic E-state index is -2.10. The summed E-state index contributed by atoms with van der Waals surface area (Å²) in [6.07, 6.45) is 2.58.